The third-order valence-electron chi connectivity index (χ3n) is 2.77. The lowest BCUT2D eigenvalue weighted by Crippen LogP contribution is -2.03. The first-order valence-electron chi connectivity index (χ1n) is 5.91. The van der Waals surface area contributed by atoms with Gasteiger partial charge >= 0.3 is 0 Å². The van der Waals surface area contributed by atoms with Gasteiger partial charge in [0.15, 0.2) is 0 Å². The summed E-state index contributed by atoms with van der Waals surface area (Å²) in [4.78, 5) is 0. The van der Waals surface area contributed by atoms with Gasteiger partial charge in [0, 0.05) is 17.2 Å². The zero-order valence-electron chi connectivity index (χ0n) is 10.4. The van der Waals surface area contributed by atoms with Crippen LogP contribution in [0.4, 0.5) is 8.78 Å². The van der Waals surface area contributed by atoms with E-state index < -0.39 is 11.9 Å². The van der Waals surface area contributed by atoms with Gasteiger partial charge in [-0.25, -0.2) is 8.78 Å². The first-order chi connectivity index (χ1) is 9.08. The summed E-state index contributed by atoms with van der Waals surface area (Å²) in [5.41, 5.74) is 0.848. The van der Waals surface area contributed by atoms with E-state index in [1.54, 1.807) is 25.1 Å². The number of benzene rings is 2. The van der Waals surface area contributed by atoms with Crippen LogP contribution in [0.2, 0.25) is 0 Å². The normalized spacial score (nSPS) is 12.2. The third kappa shape index (κ3) is 3.29. The Kier molecular flexibility index (Phi) is 4.12. The third-order valence-corrected chi connectivity index (χ3v) is 2.77. The van der Waals surface area contributed by atoms with Gasteiger partial charge in [-0.3, -0.25) is 0 Å². The van der Waals surface area contributed by atoms with E-state index in [-0.39, 0.29) is 18.2 Å². The highest BCUT2D eigenvalue weighted by molar-refractivity contribution is 5.35. The molecule has 0 radical (unpaired) electrons. The van der Waals surface area contributed by atoms with Gasteiger partial charge in [0.2, 0.25) is 0 Å². The summed E-state index contributed by atoms with van der Waals surface area (Å²) in [5.74, 6) is -0.622. The highest BCUT2D eigenvalue weighted by Gasteiger charge is 2.11. The standard InChI is InChI=1S/C15H14F2O2/c1-10(18)13-7-6-12(16)8-15(13)19-9-11-4-2-3-5-14(11)17/h2-8,10,18H,9H2,1H3/t10-/m1/s1. The zero-order valence-corrected chi connectivity index (χ0v) is 10.4. The van der Waals surface area contributed by atoms with E-state index in [4.69, 9.17) is 4.74 Å². The van der Waals surface area contributed by atoms with Gasteiger partial charge in [-0.1, -0.05) is 18.2 Å². The number of aliphatic hydroxyl groups is 1. The highest BCUT2D eigenvalue weighted by Crippen LogP contribution is 2.27. The van der Waals surface area contributed by atoms with Crippen molar-refractivity contribution in [3.63, 3.8) is 0 Å². The number of hydrogen-bond acceptors (Lipinski definition) is 2. The molecular formula is C15H14F2O2. The average molecular weight is 264 g/mol. The van der Waals surface area contributed by atoms with Gasteiger partial charge < -0.3 is 9.84 Å². The Morgan fingerprint density at radius 1 is 1.16 bits per heavy atom. The maximum absolute atomic E-state index is 13.4. The molecule has 0 amide bonds. The van der Waals surface area contributed by atoms with Crippen LogP contribution >= 0.6 is 0 Å². The van der Waals surface area contributed by atoms with Crippen LogP contribution in [0.25, 0.3) is 0 Å². The van der Waals surface area contributed by atoms with Crippen molar-refractivity contribution in [1.29, 1.82) is 0 Å². The Labute approximate surface area is 110 Å². The van der Waals surface area contributed by atoms with Crippen LogP contribution < -0.4 is 4.74 Å². The zero-order chi connectivity index (χ0) is 13.8. The van der Waals surface area contributed by atoms with Crippen molar-refractivity contribution in [1.82, 2.24) is 0 Å². The van der Waals surface area contributed by atoms with Gasteiger partial charge in [-0.2, -0.15) is 0 Å². The summed E-state index contributed by atoms with van der Waals surface area (Å²) in [6, 6.07) is 10.1. The lowest BCUT2D eigenvalue weighted by Gasteiger charge is -2.13. The van der Waals surface area contributed by atoms with Crippen LogP contribution in [0.1, 0.15) is 24.2 Å². The second kappa shape index (κ2) is 5.80. The summed E-state index contributed by atoms with van der Waals surface area (Å²) in [5, 5.41) is 9.57. The minimum absolute atomic E-state index is 0.0180. The Morgan fingerprint density at radius 2 is 1.89 bits per heavy atom. The largest absolute Gasteiger partial charge is 0.488 e. The molecule has 0 bridgehead atoms. The van der Waals surface area contributed by atoms with Crippen molar-refractivity contribution in [3.05, 3.63) is 65.2 Å². The minimum atomic E-state index is -0.781. The molecule has 0 aliphatic carbocycles. The average Bonchev–Trinajstić information content (AvgIpc) is 2.37. The summed E-state index contributed by atoms with van der Waals surface area (Å²) >= 11 is 0. The molecule has 2 nitrogen and oxygen atoms in total. The second-order valence-corrected chi connectivity index (χ2v) is 4.24. The van der Waals surface area contributed by atoms with Gasteiger partial charge in [0.05, 0.1) is 6.10 Å². The van der Waals surface area contributed by atoms with Gasteiger partial charge in [0.25, 0.3) is 0 Å². The number of hydrogen-bond donors (Lipinski definition) is 1. The van der Waals surface area contributed by atoms with Crippen LogP contribution in [0.3, 0.4) is 0 Å². The molecule has 1 atom stereocenters. The number of rotatable bonds is 4. The van der Waals surface area contributed by atoms with Crippen molar-refractivity contribution in [2.75, 3.05) is 0 Å². The van der Waals surface area contributed by atoms with E-state index in [2.05, 4.69) is 0 Å². The fraction of sp³-hybridized carbons (Fsp3) is 0.200. The van der Waals surface area contributed by atoms with Crippen molar-refractivity contribution in [2.24, 2.45) is 0 Å². The lowest BCUT2D eigenvalue weighted by molar-refractivity contribution is 0.189. The molecule has 1 N–H and O–H groups in total. The molecule has 0 unspecified atom stereocenters. The van der Waals surface area contributed by atoms with E-state index in [0.717, 1.165) is 0 Å². The molecule has 19 heavy (non-hydrogen) atoms. The Hall–Kier alpha value is -1.94. The van der Waals surface area contributed by atoms with E-state index in [1.165, 1.54) is 24.3 Å². The van der Waals surface area contributed by atoms with Crippen LogP contribution in [0.15, 0.2) is 42.5 Å². The molecule has 0 saturated heterocycles. The molecular weight excluding hydrogens is 250 g/mol. The molecule has 0 aliphatic rings. The highest BCUT2D eigenvalue weighted by atomic mass is 19.1. The van der Waals surface area contributed by atoms with E-state index >= 15 is 0 Å². The predicted octanol–water partition coefficient (Wildman–Crippen LogP) is 3.60. The fourth-order valence-electron chi connectivity index (χ4n) is 1.75. The smallest absolute Gasteiger partial charge is 0.129 e. The van der Waals surface area contributed by atoms with Crippen molar-refractivity contribution < 1.29 is 18.6 Å². The van der Waals surface area contributed by atoms with Gasteiger partial charge in [-0.05, 0) is 25.1 Å². The van der Waals surface area contributed by atoms with Gasteiger partial charge in [0.1, 0.15) is 24.0 Å². The fourth-order valence-corrected chi connectivity index (χ4v) is 1.75. The van der Waals surface area contributed by atoms with E-state index in [9.17, 15) is 13.9 Å². The molecule has 2 aromatic carbocycles. The number of ether oxygens (including phenoxy) is 1. The molecule has 4 heteroatoms. The molecule has 0 spiro atoms. The van der Waals surface area contributed by atoms with Crippen molar-refractivity contribution in [2.45, 2.75) is 19.6 Å². The maximum atomic E-state index is 13.4. The summed E-state index contributed by atoms with van der Waals surface area (Å²) < 4.78 is 32.0. The molecule has 2 aromatic rings. The molecule has 0 fully saturated rings. The molecule has 0 aliphatic heterocycles. The number of halogens is 2. The molecule has 0 saturated carbocycles. The topological polar surface area (TPSA) is 29.5 Å². The van der Waals surface area contributed by atoms with Crippen molar-refractivity contribution >= 4 is 0 Å². The second-order valence-electron chi connectivity index (χ2n) is 4.24. The summed E-state index contributed by atoms with van der Waals surface area (Å²) in [7, 11) is 0. The SMILES string of the molecule is C[C@@H](O)c1ccc(F)cc1OCc1ccccc1F. The van der Waals surface area contributed by atoms with E-state index in [0.29, 0.717) is 11.1 Å². The lowest BCUT2D eigenvalue weighted by atomic mass is 10.1. The monoisotopic (exact) mass is 264 g/mol. The maximum Gasteiger partial charge on any atom is 0.129 e. The molecule has 2 rings (SSSR count). The quantitative estimate of drug-likeness (QED) is 0.914. The molecule has 0 aromatic heterocycles. The Morgan fingerprint density at radius 3 is 2.58 bits per heavy atom. The summed E-state index contributed by atoms with van der Waals surface area (Å²) in [6.45, 7) is 1.54. The molecule has 0 heterocycles. The summed E-state index contributed by atoms with van der Waals surface area (Å²) in [6.07, 6.45) is -0.781. The minimum Gasteiger partial charge on any atom is -0.488 e. The predicted molar refractivity (Wildman–Crippen MR) is 67.8 cm³/mol. The first kappa shape index (κ1) is 13.5. The van der Waals surface area contributed by atoms with Crippen LogP contribution in [-0.4, -0.2) is 5.11 Å². The van der Waals surface area contributed by atoms with Crippen LogP contribution in [0, 0.1) is 11.6 Å². The Bertz CT molecular complexity index is 568. The van der Waals surface area contributed by atoms with Crippen LogP contribution in [0.5, 0.6) is 5.75 Å². The Balaban J connectivity index is 2.19. The van der Waals surface area contributed by atoms with Crippen molar-refractivity contribution in [3.8, 4) is 5.75 Å². The van der Waals surface area contributed by atoms with Crippen LogP contribution in [-0.2, 0) is 6.61 Å². The first-order valence-corrected chi connectivity index (χ1v) is 5.91. The molecule has 100 valence electrons. The number of aliphatic hydroxyl groups excluding tert-OH is 1. The van der Waals surface area contributed by atoms with E-state index in [1.807, 2.05) is 0 Å². The van der Waals surface area contributed by atoms with Gasteiger partial charge in [-0.15, -0.1) is 0 Å².